The molecule has 0 atom stereocenters. The van der Waals surface area contributed by atoms with Crippen molar-refractivity contribution in [2.24, 2.45) is 0 Å². The molecule has 0 aliphatic heterocycles. The second kappa shape index (κ2) is 6.01. The largest absolute Gasteiger partial charge is 0.517 e. The Balaban J connectivity index is 4.38. The van der Waals surface area contributed by atoms with E-state index in [4.69, 9.17) is 4.43 Å². The van der Waals surface area contributed by atoms with Gasteiger partial charge in [0.1, 0.15) is 0 Å². The lowest BCUT2D eigenvalue weighted by atomic mass is 10.1. The van der Waals surface area contributed by atoms with Crippen LogP contribution in [0.2, 0.25) is 19.6 Å². The SMILES string of the molecule is CC/C=C(\CCC)C(=O)O[Si](C)(C)C. The molecule has 0 rings (SSSR count). The van der Waals surface area contributed by atoms with Gasteiger partial charge in [-0.15, -0.1) is 0 Å². The van der Waals surface area contributed by atoms with Crippen molar-refractivity contribution in [1.29, 1.82) is 0 Å². The molecule has 0 spiro atoms. The van der Waals surface area contributed by atoms with Crippen molar-refractivity contribution in [3.8, 4) is 0 Å². The van der Waals surface area contributed by atoms with Crippen molar-refractivity contribution in [2.45, 2.75) is 52.8 Å². The van der Waals surface area contributed by atoms with Crippen molar-refractivity contribution >= 4 is 14.3 Å². The van der Waals surface area contributed by atoms with E-state index in [-0.39, 0.29) is 5.97 Å². The van der Waals surface area contributed by atoms with Crippen LogP contribution in [0.25, 0.3) is 0 Å². The van der Waals surface area contributed by atoms with Crippen LogP contribution in [0.4, 0.5) is 0 Å². The van der Waals surface area contributed by atoms with Gasteiger partial charge in [0.15, 0.2) is 0 Å². The molecule has 0 bridgehead atoms. The molecule has 3 heteroatoms. The van der Waals surface area contributed by atoms with Gasteiger partial charge in [0.25, 0.3) is 0 Å². The molecule has 0 aromatic carbocycles. The maximum atomic E-state index is 11.7. The molecule has 0 aromatic heterocycles. The number of hydrogen-bond donors (Lipinski definition) is 0. The number of hydrogen-bond acceptors (Lipinski definition) is 2. The van der Waals surface area contributed by atoms with Crippen LogP contribution in [0.3, 0.4) is 0 Å². The third-order valence-electron chi connectivity index (χ3n) is 1.63. The Labute approximate surface area is 88.5 Å². The molecule has 0 saturated heterocycles. The minimum absolute atomic E-state index is 0.104. The summed E-state index contributed by atoms with van der Waals surface area (Å²) in [6, 6.07) is 0. The van der Waals surface area contributed by atoms with Crippen LogP contribution < -0.4 is 0 Å². The first-order valence-corrected chi connectivity index (χ1v) is 8.74. The first kappa shape index (κ1) is 13.4. The van der Waals surface area contributed by atoms with E-state index in [1.807, 2.05) is 32.6 Å². The molecule has 0 aliphatic carbocycles. The average molecular weight is 214 g/mol. The van der Waals surface area contributed by atoms with Gasteiger partial charge in [-0.05, 0) is 32.5 Å². The summed E-state index contributed by atoms with van der Waals surface area (Å²) in [5, 5.41) is 0. The van der Waals surface area contributed by atoms with Gasteiger partial charge >= 0.3 is 5.97 Å². The predicted molar refractivity (Wildman–Crippen MR) is 62.7 cm³/mol. The molecule has 0 amide bonds. The second-order valence-corrected chi connectivity index (χ2v) is 8.82. The fraction of sp³-hybridized carbons (Fsp3) is 0.727. The Morgan fingerprint density at radius 1 is 1.29 bits per heavy atom. The van der Waals surface area contributed by atoms with Crippen LogP contribution in [-0.4, -0.2) is 14.3 Å². The van der Waals surface area contributed by atoms with E-state index in [0.717, 1.165) is 24.8 Å². The lowest BCUT2D eigenvalue weighted by molar-refractivity contribution is -0.131. The van der Waals surface area contributed by atoms with Gasteiger partial charge in [-0.1, -0.05) is 26.3 Å². The van der Waals surface area contributed by atoms with Gasteiger partial charge in [-0.25, -0.2) is 4.79 Å². The molecule has 0 unspecified atom stereocenters. The summed E-state index contributed by atoms with van der Waals surface area (Å²) in [4.78, 5) is 11.7. The zero-order valence-corrected chi connectivity index (χ0v) is 11.0. The van der Waals surface area contributed by atoms with Crippen LogP contribution in [0, 0.1) is 0 Å². The fourth-order valence-corrected chi connectivity index (χ4v) is 1.83. The van der Waals surface area contributed by atoms with Gasteiger partial charge in [-0.3, -0.25) is 0 Å². The van der Waals surface area contributed by atoms with Crippen molar-refractivity contribution in [1.82, 2.24) is 0 Å². The van der Waals surface area contributed by atoms with Crippen LogP contribution in [0.5, 0.6) is 0 Å². The normalized spacial score (nSPS) is 12.8. The van der Waals surface area contributed by atoms with E-state index >= 15 is 0 Å². The standard InChI is InChI=1S/C11H22O2Si/c1-6-8-10(9-7-2)11(12)13-14(3,4)5/h8H,6-7,9H2,1-5H3/b10-8+. The van der Waals surface area contributed by atoms with Gasteiger partial charge in [-0.2, -0.15) is 0 Å². The highest BCUT2D eigenvalue weighted by molar-refractivity contribution is 6.71. The first-order valence-electron chi connectivity index (χ1n) is 5.33. The summed E-state index contributed by atoms with van der Waals surface area (Å²) in [5.74, 6) is -0.104. The highest BCUT2D eigenvalue weighted by atomic mass is 28.4. The van der Waals surface area contributed by atoms with E-state index in [1.165, 1.54) is 0 Å². The van der Waals surface area contributed by atoms with Crippen molar-refractivity contribution < 1.29 is 9.22 Å². The Kier molecular flexibility index (Phi) is 5.77. The molecule has 2 nitrogen and oxygen atoms in total. The summed E-state index contributed by atoms with van der Waals surface area (Å²) in [5.41, 5.74) is 0.845. The monoisotopic (exact) mass is 214 g/mol. The van der Waals surface area contributed by atoms with Crippen LogP contribution in [-0.2, 0) is 9.22 Å². The van der Waals surface area contributed by atoms with Crippen molar-refractivity contribution in [3.63, 3.8) is 0 Å². The van der Waals surface area contributed by atoms with E-state index in [1.54, 1.807) is 0 Å². The lowest BCUT2D eigenvalue weighted by Crippen LogP contribution is -2.29. The molecule has 14 heavy (non-hydrogen) atoms. The summed E-state index contributed by atoms with van der Waals surface area (Å²) in [7, 11) is -1.73. The molecular formula is C11H22O2Si. The Morgan fingerprint density at radius 3 is 2.21 bits per heavy atom. The van der Waals surface area contributed by atoms with Crippen LogP contribution >= 0.6 is 0 Å². The number of allylic oxidation sites excluding steroid dienone is 1. The van der Waals surface area contributed by atoms with E-state index < -0.39 is 8.32 Å². The highest BCUT2D eigenvalue weighted by Crippen LogP contribution is 2.12. The quantitative estimate of drug-likeness (QED) is 0.517. The van der Waals surface area contributed by atoms with Crippen LogP contribution in [0.15, 0.2) is 11.6 Å². The summed E-state index contributed by atoms with van der Waals surface area (Å²) in [6.45, 7) is 10.2. The van der Waals surface area contributed by atoms with Gasteiger partial charge in [0.2, 0.25) is 8.32 Å². The molecule has 82 valence electrons. The molecule has 0 aliphatic rings. The molecule has 0 heterocycles. The number of carbonyl (C=O) groups is 1. The molecule has 0 fully saturated rings. The summed E-state index contributed by atoms with van der Waals surface area (Å²) in [6.07, 6.45) is 4.70. The van der Waals surface area contributed by atoms with Crippen molar-refractivity contribution in [2.75, 3.05) is 0 Å². The maximum absolute atomic E-state index is 11.7. The zero-order valence-electron chi connectivity index (χ0n) is 10.0. The van der Waals surface area contributed by atoms with Crippen LogP contribution in [0.1, 0.15) is 33.1 Å². The fourth-order valence-electron chi connectivity index (χ4n) is 1.15. The third-order valence-corrected chi connectivity index (χ3v) is 2.43. The Bertz CT molecular complexity index is 214. The minimum Gasteiger partial charge on any atom is -0.517 e. The first-order chi connectivity index (χ1) is 6.40. The zero-order chi connectivity index (χ0) is 11.2. The van der Waals surface area contributed by atoms with E-state index in [0.29, 0.717) is 0 Å². The average Bonchev–Trinajstić information content (AvgIpc) is 2.01. The van der Waals surface area contributed by atoms with Gasteiger partial charge in [0.05, 0.1) is 0 Å². The van der Waals surface area contributed by atoms with Gasteiger partial charge in [0, 0.05) is 5.57 Å². The smallest absolute Gasteiger partial charge is 0.320 e. The number of rotatable bonds is 5. The molecule has 0 saturated carbocycles. The lowest BCUT2D eigenvalue weighted by Gasteiger charge is -2.18. The highest BCUT2D eigenvalue weighted by Gasteiger charge is 2.21. The molecular weight excluding hydrogens is 192 g/mol. The Morgan fingerprint density at radius 2 is 1.86 bits per heavy atom. The topological polar surface area (TPSA) is 26.3 Å². The van der Waals surface area contributed by atoms with Crippen molar-refractivity contribution in [3.05, 3.63) is 11.6 Å². The minimum atomic E-state index is -1.73. The van der Waals surface area contributed by atoms with Gasteiger partial charge < -0.3 is 4.43 Å². The third kappa shape index (κ3) is 5.97. The van der Waals surface area contributed by atoms with E-state index in [2.05, 4.69) is 6.92 Å². The summed E-state index contributed by atoms with van der Waals surface area (Å²) >= 11 is 0. The molecule has 0 aromatic rings. The maximum Gasteiger partial charge on any atom is 0.320 e. The molecule has 0 radical (unpaired) electrons. The Hall–Kier alpha value is -0.573. The van der Waals surface area contributed by atoms with E-state index in [9.17, 15) is 4.79 Å². The second-order valence-electron chi connectivity index (χ2n) is 4.39. The number of carbonyl (C=O) groups excluding carboxylic acids is 1. The molecule has 0 N–H and O–H groups in total. The predicted octanol–water partition coefficient (Wildman–Crippen LogP) is 3.50. The summed E-state index contributed by atoms with van der Waals surface area (Å²) < 4.78 is 5.44.